The molecule has 0 aliphatic heterocycles. The second-order valence-corrected chi connectivity index (χ2v) is 12.3. The van der Waals surface area contributed by atoms with Crippen LogP contribution < -0.4 is 5.32 Å². The van der Waals surface area contributed by atoms with Gasteiger partial charge in [-0.1, -0.05) is 39.9 Å². The number of nitrogens with one attached hydrogen (secondary N) is 1. The van der Waals surface area contributed by atoms with Crippen LogP contribution in [0.1, 0.15) is 37.6 Å². The third kappa shape index (κ3) is 5.39. The van der Waals surface area contributed by atoms with E-state index in [1.54, 1.807) is 0 Å². The van der Waals surface area contributed by atoms with E-state index in [4.69, 9.17) is 0 Å². The quantitative estimate of drug-likeness (QED) is 0.631. The minimum absolute atomic E-state index is 0.0205. The second kappa shape index (κ2) is 7.79. The van der Waals surface area contributed by atoms with Crippen molar-refractivity contribution in [3.63, 3.8) is 0 Å². The summed E-state index contributed by atoms with van der Waals surface area (Å²) >= 11 is 0. The molecule has 2 N–H and O–H groups in total. The predicted molar refractivity (Wildman–Crippen MR) is 94.8 cm³/mol. The molecule has 0 saturated carbocycles. The summed E-state index contributed by atoms with van der Waals surface area (Å²) < 4.78 is 26.8. The van der Waals surface area contributed by atoms with Crippen LogP contribution >= 0.6 is 0 Å². The molecule has 1 aromatic carbocycles. The highest BCUT2D eigenvalue weighted by Gasteiger charge is 2.33. The summed E-state index contributed by atoms with van der Waals surface area (Å²) in [6.07, 6.45) is -0.107. The summed E-state index contributed by atoms with van der Waals surface area (Å²) in [5, 5.41) is 11.5. The number of carboxylic acids is 1. The topological polar surface area (TPSA) is 66.4 Å². The molecule has 1 atom stereocenters. The van der Waals surface area contributed by atoms with Crippen LogP contribution in [0.5, 0.6) is 0 Å². The van der Waals surface area contributed by atoms with Crippen molar-refractivity contribution in [2.75, 3.05) is 0 Å². The largest absolute Gasteiger partial charge is 0.480 e. The molecule has 4 nitrogen and oxygen atoms in total. The molecule has 0 fully saturated rings. The van der Waals surface area contributed by atoms with Crippen molar-refractivity contribution in [3.05, 3.63) is 35.4 Å². The molecule has 0 aliphatic carbocycles. The molecule has 0 spiro atoms. The maximum Gasteiger partial charge on any atom is 0.327 e. The summed E-state index contributed by atoms with van der Waals surface area (Å²) in [4.78, 5) is 23.4. The van der Waals surface area contributed by atoms with Gasteiger partial charge in [-0.2, -0.15) is 0 Å². The zero-order valence-electron chi connectivity index (χ0n) is 15.0. The summed E-state index contributed by atoms with van der Waals surface area (Å²) in [6, 6.07) is 1.85. The average Bonchev–Trinajstić information content (AvgIpc) is 2.47. The number of amides is 1. The number of hydrogen-bond donors (Lipinski definition) is 2. The lowest BCUT2D eigenvalue weighted by Crippen LogP contribution is -2.41. The van der Waals surface area contributed by atoms with Crippen molar-refractivity contribution < 1.29 is 23.5 Å². The molecule has 7 heteroatoms. The number of aliphatic carboxylic acids is 1. The van der Waals surface area contributed by atoms with Gasteiger partial charge in [-0.25, -0.2) is 13.6 Å². The summed E-state index contributed by atoms with van der Waals surface area (Å²) in [5.74, 6) is -1.90. The summed E-state index contributed by atoms with van der Waals surface area (Å²) in [7, 11) is -1.90. The van der Waals surface area contributed by atoms with Crippen molar-refractivity contribution in [1.29, 1.82) is 0 Å². The molecular weight excluding hydrogens is 344 g/mol. The van der Waals surface area contributed by atoms with Gasteiger partial charge in [0.05, 0.1) is 5.56 Å². The third-order valence-corrected chi connectivity index (χ3v) is 8.93. The highest BCUT2D eigenvalue weighted by Crippen LogP contribution is 2.35. The van der Waals surface area contributed by atoms with E-state index in [0.717, 1.165) is 12.1 Å². The number of rotatable bonds is 4. The molecule has 136 valence electrons. The molecule has 1 rings (SSSR count). The van der Waals surface area contributed by atoms with Crippen molar-refractivity contribution in [3.8, 4) is 11.5 Å². The van der Waals surface area contributed by atoms with Gasteiger partial charge in [0.1, 0.15) is 14.1 Å². The van der Waals surface area contributed by atoms with E-state index < -0.39 is 43.2 Å². The number of carboxylic acid groups (broad SMARTS) is 1. The van der Waals surface area contributed by atoms with Crippen LogP contribution in [0.15, 0.2) is 18.2 Å². The minimum Gasteiger partial charge on any atom is -0.480 e. The van der Waals surface area contributed by atoms with Gasteiger partial charge in [-0.05, 0) is 17.2 Å². The van der Waals surface area contributed by atoms with Crippen molar-refractivity contribution in [2.24, 2.45) is 0 Å². The number of hydrogen-bond acceptors (Lipinski definition) is 2. The third-order valence-electron chi connectivity index (χ3n) is 4.38. The second-order valence-electron chi connectivity index (χ2n) is 7.35. The van der Waals surface area contributed by atoms with Gasteiger partial charge >= 0.3 is 5.97 Å². The Kier molecular flexibility index (Phi) is 6.49. The average molecular weight is 367 g/mol. The van der Waals surface area contributed by atoms with Crippen LogP contribution in [0.3, 0.4) is 0 Å². The SMILES string of the molecule is CC(C)(C)[Si](C)(C)C#CC[C@H](NC(=O)c1cccc(F)c1F)C(=O)O. The standard InChI is InChI=1S/C18H23F2NO3Si/c1-18(2,3)25(4,5)11-7-10-14(17(23)24)21-16(22)12-8-6-9-13(19)15(12)20/h6,8-9,14H,10H2,1-5H3,(H,21,22)(H,23,24)/t14-/m0/s1. The highest BCUT2D eigenvalue weighted by atomic mass is 28.3. The zero-order valence-corrected chi connectivity index (χ0v) is 16.0. The Morgan fingerprint density at radius 2 is 1.88 bits per heavy atom. The number of benzene rings is 1. The van der Waals surface area contributed by atoms with E-state index in [1.165, 1.54) is 6.07 Å². The molecule has 0 bridgehead atoms. The van der Waals surface area contributed by atoms with Gasteiger partial charge < -0.3 is 10.4 Å². The normalized spacial score (nSPS) is 12.8. The molecule has 0 radical (unpaired) electrons. The van der Waals surface area contributed by atoms with Crippen LogP contribution in [0, 0.1) is 23.1 Å². The first-order chi connectivity index (χ1) is 11.4. The van der Waals surface area contributed by atoms with Gasteiger partial charge in [0.2, 0.25) is 0 Å². The Labute approximate surface area is 147 Å². The minimum atomic E-state index is -1.90. The maximum atomic E-state index is 13.6. The van der Waals surface area contributed by atoms with Gasteiger partial charge in [0, 0.05) is 6.42 Å². The van der Waals surface area contributed by atoms with Crippen LogP contribution in [-0.4, -0.2) is 31.1 Å². The molecule has 0 aliphatic rings. The van der Waals surface area contributed by atoms with Gasteiger partial charge in [-0.3, -0.25) is 4.79 Å². The molecule has 25 heavy (non-hydrogen) atoms. The molecule has 0 saturated heterocycles. The van der Waals surface area contributed by atoms with Crippen LogP contribution in [0.2, 0.25) is 18.1 Å². The van der Waals surface area contributed by atoms with Crippen molar-refractivity contribution in [1.82, 2.24) is 5.32 Å². The Bertz CT molecular complexity index is 730. The fraction of sp³-hybridized carbons (Fsp3) is 0.444. The first-order valence-corrected chi connectivity index (χ1v) is 10.8. The van der Waals surface area contributed by atoms with E-state index in [2.05, 4.69) is 50.6 Å². The van der Waals surface area contributed by atoms with E-state index in [9.17, 15) is 23.5 Å². The Morgan fingerprint density at radius 1 is 1.28 bits per heavy atom. The lowest BCUT2D eigenvalue weighted by molar-refractivity contribution is -0.139. The molecule has 0 aromatic heterocycles. The fourth-order valence-corrected chi connectivity index (χ4v) is 2.60. The highest BCUT2D eigenvalue weighted by molar-refractivity contribution is 6.87. The zero-order chi connectivity index (χ0) is 19.4. The summed E-state index contributed by atoms with van der Waals surface area (Å²) in [6.45, 7) is 10.4. The smallest absolute Gasteiger partial charge is 0.327 e. The Hall–Kier alpha value is -2.20. The van der Waals surface area contributed by atoms with Crippen LogP contribution in [-0.2, 0) is 4.79 Å². The Morgan fingerprint density at radius 3 is 2.40 bits per heavy atom. The predicted octanol–water partition coefficient (Wildman–Crippen LogP) is 3.59. The number of carbonyl (C=O) groups excluding carboxylic acids is 1. The van der Waals surface area contributed by atoms with Gasteiger partial charge in [-0.15, -0.1) is 11.5 Å². The van der Waals surface area contributed by atoms with Crippen LogP contribution in [0.4, 0.5) is 8.78 Å². The van der Waals surface area contributed by atoms with Crippen molar-refractivity contribution in [2.45, 2.75) is 51.4 Å². The van der Waals surface area contributed by atoms with E-state index >= 15 is 0 Å². The first-order valence-electron chi connectivity index (χ1n) is 7.84. The van der Waals surface area contributed by atoms with E-state index in [-0.39, 0.29) is 11.5 Å². The van der Waals surface area contributed by atoms with Gasteiger partial charge in [0.15, 0.2) is 11.6 Å². The molecule has 0 unspecified atom stereocenters. The molecule has 1 aromatic rings. The van der Waals surface area contributed by atoms with Gasteiger partial charge in [0.25, 0.3) is 5.91 Å². The molecular formula is C18H23F2NO3Si. The number of halogens is 2. The first kappa shape index (κ1) is 20.8. The molecule has 1 amide bonds. The molecule has 0 heterocycles. The van der Waals surface area contributed by atoms with E-state index in [1.807, 2.05) is 0 Å². The Balaban J connectivity index is 2.92. The van der Waals surface area contributed by atoms with E-state index in [0.29, 0.717) is 0 Å². The fourth-order valence-electron chi connectivity index (χ4n) is 1.68. The maximum absolute atomic E-state index is 13.6. The monoisotopic (exact) mass is 367 g/mol. The lowest BCUT2D eigenvalue weighted by Gasteiger charge is -2.31. The lowest BCUT2D eigenvalue weighted by atomic mass is 10.1. The number of carbonyl (C=O) groups is 2. The van der Waals surface area contributed by atoms with Crippen LogP contribution in [0.25, 0.3) is 0 Å². The van der Waals surface area contributed by atoms with Crippen molar-refractivity contribution >= 4 is 20.0 Å². The summed E-state index contributed by atoms with van der Waals surface area (Å²) in [5.41, 5.74) is 2.62.